The molecule has 0 heterocycles. The smallest absolute Gasteiger partial charge is 0.396 e. The number of aliphatic hydroxyl groups excluding tert-OH is 1. The van der Waals surface area contributed by atoms with Crippen molar-refractivity contribution in [3.63, 3.8) is 0 Å². The SMILES string of the molecule is COc1cc(C)ccc1C(C)(C)CC(C(O)O)C(F)(F)F. The molecular weight excluding hydrogens is 285 g/mol. The Kier molecular flexibility index (Phi) is 5.28. The molecule has 1 atom stereocenters. The van der Waals surface area contributed by atoms with Gasteiger partial charge in [0, 0.05) is 0 Å². The summed E-state index contributed by atoms with van der Waals surface area (Å²) in [5.74, 6) is -1.72. The molecule has 1 aromatic carbocycles. The summed E-state index contributed by atoms with van der Waals surface area (Å²) < 4.78 is 44.0. The molecule has 0 aliphatic rings. The molecular formula is C15H21F3O3. The van der Waals surface area contributed by atoms with Crippen LogP contribution < -0.4 is 4.74 Å². The third kappa shape index (κ3) is 4.35. The average molecular weight is 306 g/mol. The van der Waals surface area contributed by atoms with Gasteiger partial charge in [0.15, 0.2) is 6.29 Å². The van der Waals surface area contributed by atoms with Gasteiger partial charge in [0.1, 0.15) is 11.7 Å². The maximum atomic E-state index is 12.9. The van der Waals surface area contributed by atoms with E-state index in [1.165, 1.54) is 7.11 Å². The molecule has 0 saturated carbocycles. The van der Waals surface area contributed by atoms with Crippen molar-refractivity contribution in [1.29, 1.82) is 0 Å². The second-order valence-electron chi connectivity index (χ2n) is 5.85. The Morgan fingerprint density at radius 1 is 1.19 bits per heavy atom. The zero-order valence-electron chi connectivity index (χ0n) is 12.5. The summed E-state index contributed by atoms with van der Waals surface area (Å²) in [4.78, 5) is 0. The van der Waals surface area contributed by atoms with Gasteiger partial charge in [0.2, 0.25) is 0 Å². The monoisotopic (exact) mass is 306 g/mol. The number of hydrogen-bond donors (Lipinski definition) is 2. The number of aliphatic hydroxyl groups is 2. The molecule has 0 bridgehead atoms. The van der Waals surface area contributed by atoms with Gasteiger partial charge < -0.3 is 14.9 Å². The van der Waals surface area contributed by atoms with E-state index in [2.05, 4.69) is 0 Å². The van der Waals surface area contributed by atoms with Gasteiger partial charge in [0.05, 0.1) is 7.11 Å². The first kappa shape index (κ1) is 17.8. The van der Waals surface area contributed by atoms with Crippen molar-refractivity contribution in [3.8, 4) is 5.75 Å². The molecule has 0 amide bonds. The number of aryl methyl sites for hydroxylation is 1. The van der Waals surface area contributed by atoms with Gasteiger partial charge in [-0.05, 0) is 36.0 Å². The van der Waals surface area contributed by atoms with E-state index in [4.69, 9.17) is 14.9 Å². The van der Waals surface area contributed by atoms with Crippen LogP contribution in [0.4, 0.5) is 13.2 Å². The summed E-state index contributed by atoms with van der Waals surface area (Å²) >= 11 is 0. The normalized spacial score (nSPS) is 14.4. The fourth-order valence-electron chi connectivity index (χ4n) is 2.41. The molecule has 1 unspecified atom stereocenters. The van der Waals surface area contributed by atoms with Gasteiger partial charge in [-0.25, -0.2) is 0 Å². The van der Waals surface area contributed by atoms with Crippen LogP contribution in [-0.2, 0) is 5.41 Å². The molecule has 0 aliphatic carbocycles. The molecule has 0 aromatic heterocycles. The van der Waals surface area contributed by atoms with E-state index in [1.54, 1.807) is 32.0 Å². The highest BCUT2D eigenvalue weighted by atomic mass is 19.4. The number of methoxy groups -OCH3 is 1. The Morgan fingerprint density at radius 3 is 2.19 bits per heavy atom. The molecule has 2 N–H and O–H groups in total. The lowest BCUT2D eigenvalue weighted by atomic mass is 9.76. The fraction of sp³-hybridized carbons (Fsp3) is 0.600. The molecule has 0 aliphatic heterocycles. The molecule has 0 spiro atoms. The Hall–Kier alpha value is -1.27. The summed E-state index contributed by atoms with van der Waals surface area (Å²) in [6, 6.07) is 5.25. The highest BCUT2D eigenvalue weighted by Crippen LogP contribution is 2.42. The van der Waals surface area contributed by atoms with Crippen molar-refractivity contribution in [2.24, 2.45) is 5.92 Å². The van der Waals surface area contributed by atoms with Crippen LogP contribution in [0.25, 0.3) is 0 Å². The van der Waals surface area contributed by atoms with E-state index in [0.29, 0.717) is 11.3 Å². The summed E-state index contributed by atoms with van der Waals surface area (Å²) in [5, 5.41) is 18.1. The van der Waals surface area contributed by atoms with Crippen LogP contribution >= 0.6 is 0 Å². The van der Waals surface area contributed by atoms with E-state index in [1.807, 2.05) is 6.92 Å². The largest absolute Gasteiger partial charge is 0.496 e. The molecule has 120 valence electrons. The lowest BCUT2D eigenvalue weighted by Crippen LogP contribution is -2.38. The van der Waals surface area contributed by atoms with Gasteiger partial charge in [-0.3, -0.25) is 0 Å². The predicted octanol–water partition coefficient (Wildman–Crippen LogP) is 3.16. The molecule has 3 nitrogen and oxygen atoms in total. The van der Waals surface area contributed by atoms with Gasteiger partial charge in [0.25, 0.3) is 0 Å². The number of rotatable bonds is 5. The van der Waals surface area contributed by atoms with Crippen LogP contribution in [0, 0.1) is 12.8 Å². The van der Waals surface area contributed by atoms with Crippen LogP contribution in [0.1, 0.15) is 31.4 Å². The molecule has 0 saturated heterocycles. The highest BCUT2D eigenvalue weighted by molar-refractivity contribution is 5.41. The second kappa shape index (κ2) is 6.23. The van der Waals surface area contributed by atoms with Gasteiger partial charge in [-0.15, -0.1) is 0 Å². The third-order valence-electron chi connectivity index (χ3n) is 3.60. The van der Waals surface area contributed by atoms with Gasteiger partial charge >= 0.3 is 6.18 Å². The van der Waals surface area contributed by atoms with Crippen molar-refractivity contribution in [2.45, 2.75) is 45.1 Å². The number of benzene rings is 1. The summed E-state index contributed by atoms with van der Waals surface area (Å²) in [7, 11) is 1.45. The first-order chi connectivity index (χ1) is 9.49. The number of hydrogen-bond acceptors (Lipinski definition) is 3. The second-order valence-corrected chi connectivity index (χ2v) is 5.85. The lowest BCUT2D eigenvalue weighted by molar-refractivity contribution is -0.243. The molecule has 1 aromatic rings. The van der Waals surface area contributed by atoms with Gasteiger partial charge in [-0.1, -0.05) is 26.0 Å². The number of halogens is 3. The summed E-state index contributed by atoms with van der Waals surface area (Å²) in [5.41, 5.74) is 0.606. The van der Waals surface area contributed by atoms with Crippen LogP contribution in [0.2, 0.25) is 0 Å². The lowest BCUT2D eigenvalue weighted by Gasteiger charge is -2.33. The summed E-state index contributed by atoms with van der Waals surface area (Å²) in [6.45, 7) is 5.11. The minimum atomic E-state index is -4.68. The Labute approximate surface area is 122 Å². The van der Waals surface area contributed by atoms with Crippen LogP contribution in [0.3, 0.4) is 0 Å². The van der Waals surface area contributed by atoms with Crippen molar-refractivity contribution in [1.82, 2.24) is 0 Å². The first-order valence-electron chi connectivity index (χ1n) is 6.57. The van der Waals surface area contributed by atoms with Crippen LogP contribution in [0.5, 0.6) is 5.75 Å². The molecule has 1 rings (SSSR count). The molecule has 6 heteroatoms. The molecule has 0 fully saturated rings. The molecule has 0 radical (unpaired) electrons. The maximum absolute atomic E-state index is 12.9. The Balaban J connectivity index is 3.16. The van der Waals surface area contributed by atoms with Crippen LogP contribution in [-0.4, -0.2) is 29.8 Å². The van der Waals surface area contributed by atoms with Crippen molar-refractivity contribution in [2.75, 3.05) is 7.11 Å². The number of alkyl halides is 3. The Bertz CT molecular complexity index is 482. The third-order valence-corrected chi connectivity index (χ3v) is 3.60. The zero-order chi connectivity index (χ0) is 16.4. The van der Waals surface area contributed by atoms with E-state index >= 15 is 0 Å². The minimum Gasteiger partial charge on any atom is -0.496 e. The van der Waals surface area contributed by atoms with Crippen molar-refractivity contribution < 1.29 is 28.1 Å². The van der Waals surface area contributed by atoms with E-state index in [9.17, 15) is 13.2 Å². The zero-order valence-corrected chi connectivity index (χ0v) is 12.5. The minimum absolute atomic E-state index is 0.451. The number of ether oxygens (including phenoxy) is 1. The Morgan fingerprint density at radius 2 is 1.76 bits per heavy atom. The fourth-order valence-corrected chi connectivity index (χ4v) is 2.41. The maximum Gasteiger partial charge on any atom is 0.396 e. The highest BCUT2D eigenvalue weighted by Gasteiger charge is 2.47. The average Bonchev–Trinajstić information content (AvgIpc) is 2.33. The van der Waals surface area contributed by atoms with Gasteiger partial charge in [-0.2, -0.15) is 13.2 Å². The quantitative estimate of drug-likeness (QED) is 0.822. The summed E-state index contributed by atoms with van der Waals surface area (Å²) in [6.07, 6.45) is -7.57. The van der Waals surface area contributed by atoms with E-state index < -0.39 is 30.2 Å². The molecule has 21 heavy (non-hydrogen) atoms. The first-order valence-corrected chi connectivity index (χ1v) is 6.57. The van der Waals surface area contributed by atoms with E-state index in [0.717, 1.165) is 5.56 Å². The van der Waals surface area contributed by atoms with Crippen molar-refractivity contribution >= 4 is 0 Å². The van der Waals surface area contributed by atoms with Crippen molar-refractivity contribution in [3.05, 3.63) is 29.3 Å². The predicted molar refractivity (Wildman–Crippen MR) is 73.1 cm³/mol. The topological polar surface area (TPSA) is 49.7 Å². The van der Waals surface area contributed by atoms with Crippen LogP contribution in [0.15, 0.2) is 18.2 Å². The van der Waals surface area contributed by atoms with E-state index in [-0.39, 0.29) is 0 Å². The standard InChI is InChI=1S/C15H21F3O3/c1-9-5-6-10(12(7-9)21-4)14(2,3)8-11(13(19)20)15(16,17)18/h5-7,11,13,19-20H,8H2,1-4H3.